The van der Waals surface area contributed by atoms with Gasteiger partial charge in [-0.2, -0.15) is 0 Å². The molecule has 6 nitrogen and oxygen atoms in total. The summed E-state index contributed by atoms with van der Waals surface area (Å²) in [4.78, 5) is 9.52. The van der Waals surface area contributed by atoms with Crippen molar-refractivity contribution in [2.45, 2.75) is 19.0 Å². The number of rotatable bonds is 4. The van der Waals surface area contributed by atoms with E-state index in [-0.39, 0.29) is 6.04 Å². The molecule has 2 bridgehead atoms. The third-order valence-electron chi connectivity index (χ3n) is 5.35. The Hall–Kier alpha value is -2.05. The molecule has 3 aliphatic heterocycles. The third kappa shape index (κ3) is 3.50. The lowest BCUT2D eigenvalue weighted by Crippen LogP contribution is -2.63. The fourth-order valence-corrected chi connectivity index (χ4v) is 3.82. The van der Waals surface area contributed by atoms with Gasteiger partial charge in [0.2, 0.25) is 0 Å². The Balaban J connectivity index is 1.35. The standard InChI is InChI=1S/C19H27N5O/c1-14(18-11-15-5-3-4-6-17(15)25-18)22-19(20-2)21-12-16-13-23-7-9-24(16)10-8-23/h3-6,11,14,16H,7-10,12-13H2,1-2H3,(H2,20,21,22). The Morgan fingerprint density at radius 2 is 2.08 bits per heavy atom. The normalized spacial score (nSPS) is 27.4. The van der Waals surface area contributed by atoms with Crippen molar-refractivity contribution in [1.29, 1.82) is 0 Å². The summed E-state index contributed by atoms with van der Waals surface area (Å²) in [5.74, 6) is 1.75. The van der Waals surface area contributed by atoms with E-state index >= 15 is 0 Å². The molecule has 1 aromatic carbocycles. The highest BCUT2D eigenvalue weighted by Crippen LogP contribution is 2.23. The molecular weight excluding hydrogens is 314 g/mol. The Morgan fingerprint density at radius 3 is 2.76 bits per heavy atom. The van der Waals surface area contributed by atoms with Gasteiger partial charge in [0.1, 0.15) is 11.3 Å². The third-order valence-corrected chi connectivity index (χ3v) is 5.35. The quantitative estimate of drug-likeness (QED) is 0.654. The summed E-state index contributed by atoms with van der Waals surface area (Å²) < 4.78 is 5.95. The van der Waals surface area contributed by atoms with Crippen molar-refractivity contribution in [3.8, 4) is 0 Å². The molecule has 3 saturated heterocycles. The Morgan fingerprint density at radius 1 is 1.28 bits per heavy atom. The van der Waals surface area contributed by atoms with Gasteiger partial charge in [0.25, 0.3) is 0 Å². The van der Waals surface area contributed by atoms with Crippen LogP contribution in [0.3, 0.4) is 0 Å². The number of nitrogens with zero attached hydrogens (tertiary/aromatic N) is 3. The van der Waals surface area contributed by atoms with Crippen molar-refractivity contribution >= 4 is 16.9 Å². The van der Waals surface area contributed by atoms with E-state index in [0.717, 1.165) is 35.8 Å². The van der Waals surface area contributed by atoms with Gasteiger partial charge >= 0.3 is 0 Å². The predicted molar refractivity (Wildman–Crippen MR) is 101 cm³/mol. The van der Waals surface area contributed by atoms with E-state index in [9.17, 15) is 0 Å². The van der Waals surface area contributed by atoms with E-state index in [1.54, 1.807) is 0 Å². The number of furan rings is 1. The van der Waals surface area contributed by atoms with E-state index in [1.807, 2.05) is 25.2 Å². The Bertz CT molecular complexity index is 714. The predicted octanol–water partition coefficient (Wildman–Crippen LogP) is 1.66. The maximum atomic E-state index is 5.95. The van der Waals surface area contributed by atoms with Gasteiger partial charge in [0.15, 0.2) is 5.96 Å². The maximum Gasteiger partial charge on any atom is 0.191 e. The number of nitrogens with one attached hydrogen (secondary N) is 2. The maximum absolute atomic E-state index is 5.95. The smallest absolute Gasteiger partial charge is 0.191 e. The summed E-state index contributed by atoms with van der Waals surface area (Å²) in [7, 11) is 1.82. The molecule has 0 radical (unpaired) electrons. The van der Waals surface area contributed by atoms with Gasteiger partial charge in [-0.3, -0.25) is 14.8 Å². The Labute approximate surface area is 148 Å². The molecule has 5 rings (SSSR count). The topological polar surface area (TPSA) is 56.0 Å². The first-order valence-electron chi connectivity index (χ1n) is 9.15. The highest BCUT2D eigenvalue weighted by atomic mass is 16.3. The molecule has 0 spiro atoms. The van der Waals surface area contributed by atoms with Crippen molar-refractivity contribution in [2.24, 2.45) is 4.99 Å². The summed E-state index contributed by atoms with van der Waals surface area (Å²) in [5, 5.41) is 8.06. The largest absolute Gasteiger partial charge is 0.459 e. The first-order chi connectivity index (χ1) is 12.2. The van der Waals surface area contributed by atoms with Gasteiger partial charge < -0.3 is 15.1 Å². The second kappa shape index (κ2) is 7.06. The molecule has 2 N–H and O–H groups in total. The molecule has 4 heterocycles. The van der Waals surface area contributed by atoms with E-state index < -0.39 is 0 Å². The molecule has 25 heavy (non-hydrogen) atoms. The average Bonchev–Trinajstić information content (AvgIpc) is 3.10. The molecule has 3 aliphatic rings. The van der Waals surface area contributed by atoms with Crippen LogP contribution in [-0.4, -0.2) is 68.1 Å². The van der Waals surface area contributed by atoms with Crippen molar-refractivity contribution < 1.29 is 4.42 Å². The molecule has 6 heteroatoms. The minimum atomic E-state index is 0.0606. The number of para-hydroxylation sites is 1. The fourth-order valence-electron chi connectivity index (χ4n) is 3.82. The molecule has 0 amide bonds. The van der Waals surface area contributed by atoms with Crippen LogP contribution in [0.1, 0.15) is 18.7 Å². The highest BCUT2D eigenvalue weighted by Gasteiger charge is 2.31. The second-order valence-corrected chi connectivity index (χ2v) is 7.00. The van der Waals surface area contributed by atoms with Crippen molar-refractivity contribution in [3.05, 3.63) is 36.1 Å². The summed E-state index contributed by atoms with van der Waals surface area (Å²) in [6.07, 6.45) is 0. The molecule has 0 aliphatic carbocycles. The van der Waals surface area contributed by atoms with Gasteiger partial charge in [-0.15, -0.1) is 0 Å². The van der Waals surface area contributed by atoms with Gasteiger partial charge in [0, 0.05) is 57.7 Å². The Kier molecular flexibility index (Phi) is 4.63. The number of benzene rings is 1. The lowest BCUT2D eigenvalue weighted by atomic mass is 10.1. The van der Waals surface area contributed by atoms with Crippen LogP contribution in [0.5, 0.6) is 0 Å². The molecule has 0 saturated carbocycles. The van der Waals surface area contributed by atoms with Crippen molar-refractivity contribution in [1.82, 2.24) is 20.4 Å². The minimum absolute atomic E-state index is 0.0606. The number of hydrogen-bond donors (Lipinski definition) is 2. The van der Waals surface area contributed by atoms with Crippen LogP contribution >= 0.6 is 0 Å². The summed E-state index contributed by atoms with van der Waals surface area (Å²) in [5.41, 5.74) is 0.925. The number of hydrogen-bond acceptors (Lipinski definition) is 4. The van der Waals surface area contributed by atoms with E-state index in [2.05, 4.69) is 44.5 Å². The number of guanidine groups is 1. The highest BCUT2D eigenvalue weighted by molar-refractivity contribution is 5.81. The monoisotopic (exact) mass is 341 g/mol. The summed E-state index contributed by atoms with van der Waals surface area (Å²) >= 11 is 0. The first-order valence-corrected chi connectivity index (χ1v) is 9.15. The fraction of sp³-hybridized carbons (Fsp3) is 0.526. The van der Waals surface area contributed by atoms with Crippen molar-refractivity contribution in [3.63, 3.8) is 0 Å². The van der Waals surface area contributed by atoms with Crippen LogP contribution in [0.25, 0.3) is 11.0 Å². The van der Waals surface area contributed by atoms with Crippen LogP contribution < -0.4 is 10.6 Å². The molecule has 134 valence electrons. The molecule has 1 aromatic heterocycles. The SMILES string of the molecule is CN=C(NCC1CN2CCN1CC2)NC(C)c1cc2ccccc2o1. The van der Waals surface area contributed by atoms with Crippen LogP contribution in [0.15, 0.2) is 39.7 Å². The van der Waals surface area contributed by atoms with Crippen LogP contribution in [-0.2, 0) is 0 Å². The lowest BCUT2D eigenvalue weighted by molar-refractivity contribution is 0.0154. The molecule has 3 fully saturated rings. The average molecular weight is 341 g/mol. The van der Waals surface area contributed by atoms with E-state index in [4.69, 9.17) is 4.42 Å². The molecule has 2 unspecified atom stereocenters. The zero-order chi connectivity index (χ0) is 17.2. The summed E-state index contributed by atoms with van der Waals surface area (Å²) in [6, 6.07) is 10.8. The van der Waals surface area contributed by atoms with Crippen LogP contribution in [0.2, 0.25) is 0 Å². The van der Waals surface area contributed by atoms with E-state index in [1.165, 1.54) is 26.2 Å². The van der Waals surface area contributed by atoms with Gasteiger partial charge in [-0.1, -0.05) is 18.2 Å². The van der Waals surface area contributed by atoms with Crippen LogP contribution in [0.4, 0.5) is 0 Å². The molecule has 2 atom stereocenters. The van der Waals surface area contributed by atoms with Gasteiger partial charge in [-0.25, -0.2) is 0 Å². The number of aliphatic imine (C=N–C) groups is 1. The number of fused-ring (bicyclic) bond motifs is 4. The number of piperazine rings is 3. The van der Waals surface area contributed by atoms with E-state index in [0.29, 0.717) is 6.04 Å². The zero-order valence-electron chi connectivity index (χ0n) is 15.0. The van der Waals surface area contributed by atoms with Gasteiger partial charge in [-0.05, 0) is 19.1 Å². The lowest BCUT2D eigenvalue weighted by Gasteiger charge is -2.47. The van der Waals surface area contributed by atoms with Crippen molar-refractivity contribution in [2.75, 3.05) is 46.3 Å². The zero-order valence-corrected chi connectivity index (χ0v) is 15.0. The first kappa shape index (κ1) is 16.4. The van der Waals surface area contributed by atoms with Crippen LogP contribution in [0, 0.1) is 0 Å². The van der Waals surface area contributed by atoms with Gasteiger partial charge in [0.05, 0.1) is 6.04 Å². The molecule has 2 aromatic rings. The minimum Gasteiger partial charge on any atom is -0.459 e. The molecular formula is C19H27N5O. The second-order valence-electron chi connectivity index (χ2n) is 7.00. The summed E-state index contributed by atoms with van der Waals surface area (Å²) in [6.45, 7) is 8.98.